The van der Waals surface area contributed by atoms with E-state index in [1.807, 2.05) is 0 Å². The van der Waals surface area contributed by atoms with Crippen LogP contribution in [0.2, 0.25) is 0 Å². The summed E-state index contributed by atoms with van der Waals surface area (Å²) in [4.78, 5) is 22.8. The topological polar surface area (TPSA) is 90.0 Å². The highest BCUT2D eigenvalue weighted by molar-refractivity contribution is 7.93. The highest BCUT2D eigenvalue weighted by Gasteiger charge is 2.40. The van der Waals surface area contributed by atoms with E-state index in [-0.39, 0.29) is 22.2 Å². The molecule has 136 valence electrons. The third-order valence-electron chi connectivity index (χ3n) is 3.61. The quantitative estimate of drug-likeness (QED) is 0.433. The molecule has 2 rings (SSSR count). The Balaban J connectivity index is 2.20. The molecule has 1 aromatic rings. The van der Waals surface area contributed by atoms with E-state index in [0.717, 1.165) is 6.92 Å². The zero-order chi connectivity index (χ0) is 18.4. The molecular formula is C16H18FNO6S. The summed E-state index contributed by atoms with van der Waals surface area (Å²) in [5.74, 6) is -1.59. The Morgan fingerprint density at radius 2 is 1.92 bits per heavy atom. The van der Waals surface area contributed by atoms with Crippen LogP contribution in [0.1, 0.15) is 26.2 Å². The van der Waals surface area contributed by atoms with Gasteiger partial charge >= 0.3 is 11.9 Å². The molecule has 0 aliphatic heterocycles. The molecule has 0 fully saturated rings. The van der Waals surface area contributed by atoms with Gasteiger partial charge in [-0.05, 0) is 31.4 Å². The summed E-state index contributed by atoms with van der Waals surface area (Å²) in [6, 6.07) is 7.25. The maximum atomic E-state index is 14.5. The molecule has 0 aromatic heterocycles. The maximum absolute atomic E-state index is 14.5. The normalized spacial score (nSPS) is 17.4. The van der Waals surface area contributed by atoms with Gasteiger partial charge in [0.2, 0.25) is 6.79 Å². The maximum Gasteiger partial charge on any atom is 0.337 e. The minimum atomic E-state index is -4.46. The van der Waals surface area contributed by atoms with E-state index in [1.54, 1.807) is 6.07 Å². The van der Waals surface area contributed by atoms with Crippen LogP contribution < -0.4 is 4.53 Å². The third-order valence-corrected chi connectivity index (χ3v) is 5.48. The van der Waals surface area contributed by atoms with Gasteiger partial charge in [-0.1, -0.05) is 28.8 Å². The van der Waals surface area contributed by atoms with Crippen molar-refractivity contribution in [1.29, 1.82) is 0 Å². The molecule has 7 nitrogen and oxygen atoms in total. The standard InChI is InChI=1S/C16H18FNO6S/c1-12(19)23-11-24-16(20)14-9-5-6-10-15(14)25(21,22)18(17)13-7-3-2-4-8-13/h2-4,7-9,15H,5-6,10-11H2,1H3. The summed E-state index contributed by atoms with van der Waals surface area (Å²) in [5.41, 5.74) is -0.308. The van der Waals surface area contributed by atoms with Crippen LogP contribution in [-0.4, -0.2) is 32.4 Å². The number of esters is 2. The average Bonchev–Trinajstić information content (AvgIpc) is 2.61. The van der Waals surface area contributed by atoms with E-state index in [1.165, 1.54) is 30.3 Å². The van der Waals surface area contributed by atoms with Crippen LogP contribution in [0.3, 0.4) is 0 Å². The second kappa shape index (κ2) is 8.11. The Morgan fingerprint density at radius 1 is 1.24 bits per heavy atom. The van der Waals surface area contributed by atoms with Gasteiger partial charge in [0.15, 0.2) is 0 Å². The highest BCUT2D eigenvalue weighted by atomic mass is 32.2. The molecule has 0 spiro atoms. The van der Waals surface area contributed by atoms with Crippen molar-refractivity contribution in [2.45, 2.75) is 31.4 Å². The number of rotatable bonds is 6. The smallest absolute Gasteiger partial charge is 0.337 e. The Hall–Kier alpha value is -2.42. The van der Waals surface area contributed by atoms with Gasteiger partial charge in [0.25, 0.3) is 10.0 Å². The lowest BCUT2D eigenvalue weighted by atomic mass is 9.99. The monoisotopic (exact) mass is 371 g/mol. The van der Waals surface area contributed by atoms with E-state index in [2.05, 4.69) is 4.74 Å². The van der Waals surface area contributed by atoms with Crippen molar-refractivity contribution >= 4 is 27.6 Å². The summed E-state index contributed by atoms with van der Waals surface area (Å²) in [6.07, 6.45) is 2.47. The van der Waals surface area contributed by atoms with Gasteiger partial charge in [0.1, 0.15) is 5.25 Å². The number of allylic oxidation sites excluding steroid dienone is 1. The fourth-order valence-electron chi connectivity index (χ4n) is 2.43. The fraction of sp³-hybridized carbons (Fsp3) is 0.375. The van der Waals surface area contributed by atoms with Crippen molar-refractivity contribution in [2.24, 2.45) is 0 Å². The zero-order valence-corrected chi connectivity index (χ0v) is 14.4. The molecule has 1 aliphatic rings. The predicted octanol–water partition coefficient (Wildman–Crippen LogP) is 2.25. The molecule has 0 N–H and O–H groups in total. The van der Waals surface area contributed by atoms with Crippen LogP contribution in [0.25, 0.3) is 0 Å². The number of halogens is 1. The lowest BCUT2D eigenvalue weighted by Gasteiger charge is -2.26. The van der Waals surface area contributed by atoms with E-state index >= 15 is 0 Å². The first-order chi connectivity index (χ1) is 11.8. The van der Waals surface area contributed by atoms with Crippen LogP contribution in [-0.2, 0) is 29.1 Å². The molecule has 1 aliphatic carbocycles. The first-order valence-electron chi connectivity index (χ1n) is 7.59. The lowest BCUT2D eigenvalue weighted by Crippen LogP contribution is -2.38. The van der Waals surface area contributed by atoms with Crippen molar-refractivity contribution < 1.29 is 32.0 Å². The Morgan fingerprint density at radius 3 is 2.56 bits per heavy atom. The zero-order valence-electron chi connectivity index (χ0n) is 13.6. The van der Waals surface area contributed by atoms with Crippen LogP contribution in [0, 0.1) is 0 Å². The number of para-hydroxylation sites is 1. The van der Waals surface area contributed by atoms with E-state index in [4.69, 9.17) is 4.74 Å². The summed E-state index contributed by atoms with van der Waals surface area (Å²) in [5, 5.41) is -1.36. The first kappa shape index (κ1) is 18.9. The molecule has 0 saturated carbocycles. The van der Waals surface area contributed by atoms with Gasteiger partial charge in [-0.25, -0.2) is 13.2 Å². The third kappa shape index (κ3) is 4.56. The van der Waals surface area contributed by atoms with Gasteiger partial charge in [0, 0.05) is 6.92 Å². The molecule has 1 aromatic carbocycles. The number of ether oxygens (including phenoxy) is 2. The van der Waals surface area contributed by atoms with Gasteiger partial charge in [-0.3, -0.25) is 4.79 Å². The number of hydrogen-bond donors (Lipinski definition) is 0. The van der Waals surface area contributed by atoms with E-state index < -0.39 is 34.0 Å². The van der Waals surface area contributed by atoms with Crippen molar-refractivity contribution in [3.63, 3.8) is 0 Å². The minimum Gasteiger partial charge on any atom is -0.428 e. The summed E-state index contributed by atoms with van der Waals surface area (Å²) >= 11 is 0. The van der Waals surface area contributed by atoms with Crippen LogP contribution in [0.15, 0.2) is 42.0 Å². The van der Waals surface area contributed by atoms with Gasteiger partial charge < -0.3 is 9.47 Å². The Labute approximate surface area is 145 Å². The van der Waals surface area contributed by atoms with Gasteiger partial charge in [-0.2, -0.15) is 0 Å². The first-order valence-corrected chi connectivity index (χ1v) is 9.10. The van der Waals surface area contributed by atoms with Crippen molar-refractivity contribution in [2.75, 3.05) is 11.3 Å². The molecule has 25 heavy (non-hydrogen) atoms. The van der Waals surface area contributed by atoms with Crippen LogP contribution >= 0.6 is 0 Å². The molecule has 0 bridgehead atoms. The number of hydrogen-bond acceptors (Lipinski definition) is 6. The summed E-state index contributed by atoms with van der Waals surface area (Å²) < 4.78 is 48.6. The SMILES string of the molecule is CC(=O)OCOC(=O)C1=CCCCC1S(=O)(=O)N(F)c1ccccc1. The molecule has 0 amide bonds. The number of benzene rings is 1. The molecule has 0 heterocycles. The second-order valence-electron chi connectivity index (χ2n) is 5.36. The summed E-state index contributed by atoms with van der Waals surface area (Å²) in [7, 11) is -4.46. The number of carbonyl (C=O) groups excluding carboxylic acids is 2. The fourth-order valence-corrected chi connectivity index (χ4v) is 4.04. The minimum absolute atomic E-state index is 0.0874. The molecular weight excluding hydrogens is 353 g/mol. The highest BCUT2D eigenvalue weighted by Crippen LogP contribution is 2.31. The van der Waals surface area contributed by atoms with E-state index in [0.29, 0.717) is 12.8 Å². The lowest BCUT2D eigenvalue weighted by molar-refractivity contribution is -0.163. The Kier molecular flexibility index (Phi) is 6.13. The number of anilines is 1. The van der Waals surface area contributed by atoms with Crippen molar-refractivity contribution in [1.82, 2.24) is 0 Å². The molecule has 1 unspecified atom stereocenters. The van der Waals surface area contributed by atoms with Crippen LogP contribution in [0.5, 0.6) is 0 Å². The number of sulfonamides is 1. The molecule has 9 heteroatoms. The summed E-state index contributed by atoms with van der Waals surface area (Å²) in [6.45, 7) is 0.512. The largest absolute Gasteiger partial charge is 0.428 e. The molecule has 0 radical (unpaired) electrons. The van der Waals surface area contributed by atoms with Crippen LogP contribution in [0.4, 0.5) is 10.2 Å². The predicted molar refractivity (Wildman–Crippen MR) is 87.4 cm³/mol. The average molecular weight is 371 g/mol. The van der Waals surface area contributed by atoms with E-state index in [9.17, 15) is 22.5 Å². The molecule has 1 atom stereocenters. The van der Waals surface area contributed by atoms with Crippen molar-refractivity contribution in [3.8, 4) is 0 Å². The van der Waals surface area contributed by atoms with Gasteiger partial charge in [-0.15, -0.1) is 4.53 Å². The Bertz CT molecular complexity index is 762. The molecule has 0 saturated heterocycles. The second-order valence-corrected chi connectivity index (χ2v) is 7.28. The van der Waals surface area contributed by atoms with Crippen molar-refractivity contribution in [3.05, 3.63) is 42.0 Å². The number of nitrogens with zero attached hydrogens (tertiary/aromatic N) is 1. The van der Waals surface area contributed by atoms with Gasteiger partial charge in [0.05, 0.1) is 11.3 Å². The number of carbonyl (C=O) groups is 2.